The second kappa shape index (κ2) is 7.93. The van der Waals surface area contributed by atoms with Crippen LogP contribution in [0.15, 0.2) is 48.7 Å². The van der Waals surface area contributed by atoms with E-state index in [-0.39, 0.29) is 12.0 Å². The molecule has 5 nitrogen and oxygen atoms in total. The highest BCUT2D eigenvalue weighted by molar-refractivity contribution is 5.76. The van der Waals surface area contributed by atoms with Crippen molar-refractivity contribution in [2.24, 2.45) is 0 Å². The summed E-state index contributed by atoms with van der Waals surface area (Å²) in [6, 6.07) is 14.0. The molecular weight excluding hydrogens is 302 g/mol. The highest BCUT2D eigenvalue weighted by Crippen LogP contribution is 2.22. The van der Waals surface area contributed by atoms with Gasteiger partial charge in [-0.05, 0) is 24.1 Å². The zero-order valence-electron chi connectivity index (χ0n) is 13.9. The molecule has 5 heteroatoms. The Morgan fingerprint density at radius 3 is 2.83 bits per heavy atom. The fourth-order valence-corrected chi connectivity index (χ4v) is 2.85. The lowest BCUT2D eigenvalue weighted by Crippen LogP contribution is -2.42. The van der Waals surface area contributed by atoms with E-state index < -0.39 is 0 Å². The number of carbonyl (C=O) groups is 1. The molecule has 24 heavy (non-hydrogen) atoms. The van der Waals surface area contributed by atoms with Gasteiger partial charge in [0.15, 0.2) is 0 Å². The quantitative estimate of drug-likeness (QED) is 0.918. The molecule has 0 radical (unpaired) electrons. The molecule has 0 spiro atoms. The zero-order valence-corrected chi connectivity index (χ0v) is 13.9. The first-order valence-electron chi connectivity index (χ1n) is 8.33. The van der Waals surface area contributed by atoms with Gasteiger partial charge in [0, 0.05) is 20.0 Å². The van der Waals surface area contributed by atoms with E-state index in [1.54, 1.807) is 6.20 Å². The summed E-state index contributed by atoms with van der Waals surface area (Å²) in [6.45, 7) is 1.77. The summed E-state index contributed by atoms with van der Waals surface area (Å²) in [7, 11) is 1.86. The molecule has 1 aromatic heterocycles. The van der Waals surface area contributed by atoms with E-state index in [0.29, 0.717) is 26.1 Å². The van der Waals surface area contributed by atoms with E-state index in [4.69, 9.17) is 4.74 Å². The van der Waals surface area contributed by atoms with Gasteiger partial charge in [-0.3, -0.25) is 9.78 Å². The first-order valence-corrected chi connectivity index (χ1v) is 8.33. The fourth-order valence-electron chi connectivity index (χ4n) is 2.85. The Bertz CT molecular complexity index is 658. The summed E-state index contributed by atoms with van der Waals surface area (Å²) in [5.74, 6) is 0.180. The van der Waals surface area contributed by atoms with Crippen LogP contribution in [0.5, 0.6) is 0 Å². The Hall–Kier alpha value is -2.40. The van der Waals surface area contributed by atoms with Crippen molar-refractivity contribution in [1.82, 2.24) is 9.88 Å². The number of anilines is 1. The summed E-state index contributed by atoms with van der Waals surface area (Å²) in [4.78, 5) is 18.8. The molecule has 1 unspecified atom stereocenters. The molecule has 2 heterocycles. The van der Waals surface area contributed by atoms with Crippen LogP contribution in [0.1, 0.15) is 23.8 Å². The highest BCUT2D eigenvalue weighted by atomic mass is 16.5. The van der Waals surface area contributed by atoms with Crippen LogP contribution in [0, 0.1) is 0 Å². The normalized spacial score (nSPS) is 17.5. The SMILES string of the molecule is CNc1ccc(C2CN(C(=O)CCc3ccccc3)CCO2)nc1. The van der Waals surface area contributed by atoms with Crippen LogP contribution in [-0.2, 0) is 16.0 Å². The van der Waals surface area contributed by atoms with Gasteiger partial charge in [0.05, 0.1) is 30.7 Å². The van der Waals surface area contributed by atoms with Crippen LogP contribution in [0.25, 0.3) is 0 Å². The van der Waals surface area contributed by atoms with E-state index >= 15 is 0 Å². The Labute approximate surface area is 142 Å². The number of aryl methyl sites for hydroxylation is 1. The molecule has 1 N–H and O–H groups in total. The number of nitrogens with zero attached hydrogens (tertiary/aromatic N) is 2. The zero-order chi connectivity index (χ0) is 16.8. The van der Waals surface area contributed by atoms with Crippen molar-refractivity contribution >= 4 is 11.6 Å². The standard InChI is InChI=1S/C19H23N3O2/c1-20-16-8-9-17(21-13-16)18-14-22(11-12-24-18)19(23)10-7-15-5-3-2-4-6-15/h2-6,8-9,13,18,20H,7,10-12,14H2,1H3. The number of nitrogens with one attached hydrogen (secondary N) is 1. The van der Waals surface area contributed by atoms with Crippen molar-refractivity contribution in [3.05, 3.63) is 59.9 Å². The number of amides is 1. The Morgan fingerprint density at radius 2 is 2.12 bits per heavy atom. The maximum atomic E-state index is 12.5. The maximum Gasteiger partial charge on any atom is 0.223 e. The molecule has 2 aromatic rings. The topological polar surface area (TPSA) is 54.5 Å². The van der Waals surface area contributed by atoms with Crippen LogP contribution in [0.4, 0.5) is 5.69 Å². The minimum atomic E-state index is -0.148. The number of benzene rings is 1. The maximum absolute atomic E-state index is 12.5. The monoisotopic (exact) mass is 325 g/mol. The number of pyridine rings is 1. The van der Waals surface area contributed by atoms with E-state index in [1.165, 1.54) is 5.56 Å². The first kappa shape index (κ1) is 16.5. The van der Waals surface area contributed by atoms with Gasteiger partial charge in [0.25, 0.3) is 0 Å². The average molecular weight is 325 g/mol. The molecular formula is C19H23N3O2. The number of carbonyl (C=O) groups excluding carboxylic acids is 1. The van der Waals surface area contributed by atoms with Gasteiger partial charge < -0.3 is 15.0 Å². The number of aromatic nitrogens is 1. The van der Waals surface area contributed by atoms with Crippen LogP contribution in [0.3, 0.4) is 0 Å². The van der Waals surface area contributed by atoms with Gasteiger partial charge in [-0.25, -0.2) is 0 Å². The van der Waals surface area contributed by atoms with Crippen LogP contribution in [-0.4, -0.2) is 42.5 Å². The van der Waals surface area contributed by atoms with E-state index in [1.807, 2.05) is 42.3 Å². The smallest absolute Gasteiger partial charge is 0.223 e. The summed E-state index contributed by atoms with van der Waals surface area (Å²) in [6.07, 6.45) is 2.94. The number of ether oxygens (including phenoxy) is 1. The highest BCUT2D eigenvalue weighted by Gasteiger charge is 2.25. The van der Waals surface area contributed by atoms with Crippen molar-refractivity contribution < 1.29 is 9.53 Å². The molecule has 1 amide bonds. The van der Waals surface area contributed by atoms with Crippen LogP contribution >= 0.6 is 0 Å². The lowest BCUT2D eigenvalue weighted by molar-refractivity contribution is -0.139. The largest absolute Gasteiger partial charge is 0.387 e. The molecule has 1 aromatic carbocycles. The summed E-state index contributed by atoms with van der Waals surface area (Å²) < 4.78 is 5.80. The van der Waals surface area contributed by atoms with E-state index in [2.05, 4.69) is 22.4 Å². The second-order valence-electron chi connectivity index (χ2n) is 5.91. The van der Waals surface area contributed by atoms with Crippen molar-refractivity contribution in [3.8, 4) is 0 Å². The molecule has 1 aliphatic rings. The molecule has 0 saturated carbocycles. The molecule has 1 aliphatic heterocycles. The van der Waals surface area contributed by atoms with Crippen LogP contribution in [0.2, 0.25) is 0 Å². The Balaban J connectivity index is 1.57. The minimum Gasteiger partial charge on any atom is -0.387 e. The number of morpholine rings is 1. The molecule has 1 fully saturated rings. The van der Waals surface area contributed by atoms with Crippen LogP contribution < -0.4 is 5.32 Å². The number of hydrogen-bond donors (Lipinski definition) is 1. The van der Waals surface area contributed by atoms with Gasteiger partial charge in [-0.2, -0.15) is 0 Å². The van der Waals surface area contributed by atoms with E-state index in [0.717, 1.165) is 17.8 Å². The molecule has 1 saturated heterocycles. The van der Waals surface area contributed by atoms with Crippen molar-refractivity contribution in [1.29, 1.82) is 0 Å². The Morgan fingerprint density at radius 1 is 1.29 bits per heavy atom. The molecule has 0 aliphatic carbocycles. The van der Waals surface area contributed by atoms with Gasteiger partial charge >= 0.3 is 0 Å². The lowest BCUT2D eigenvalue weighted by Gasteiger charge is -2.32. The summed E-state index contributed by atoms with van der Waals surface area (Å²) in [5.41, 5.74) is 3.03. The minimum absolute atomic E-state index is 0.148. The van der Waals surface area contributed by atoms with Crippen molar-refractivity contribution in [2.75, 3.05) is 32.1 Å². The van der Waals surface area contributed by atoms with Gasteiger partial charge in [0.1, 0.15) is 6.10 Å². The Kier molecular flexibility index (Phi) is 5.43. The van der Waals surface area contributed by atoms with Crippen molar-refractivity contribution in [2.45, 2.75) is 18.9 Å². The second-order valence-corrected chi connectivity index (χ2v) is 5.91. The first-order chi connectivity index (χ1) is 11.8. The molecule has 1 atom stereocenters. The fraction of sp³-hybridized carbons (Fsp3) is 0.368. The third-order valence-electron chi connectivity index (χ3n) is 4.29. The average Bonchev–Trinajstić information content (AvgIpc) is 2.67. The predicted molar refractivity (Wildman–Crippen MR) is 93.8 cm³/mol. The number of hydrogen-bond acceptors (Lipinski definition) is 4. The third kappa shape index (κ3) is 4.11. The number of rotatable bonds is 5. The van der Waals surface area contributed by atoms with Gasteiger partial charge in [-0.15, -0.1) is 0 Å². The predicted octanol–water partition coefficient (Wildman–Crippen LogP) is 2.66. The van der Waals surface area contributed by atoms with Crippen molar-refractivity contribution in [3.63, 3.8) is 0 Å². The van der Waals surface area contributed by atoms with E-state index in [9.17, 15) is 4.79 Å². The molecule has 126 valence electrons. The van der Waals surface area contributed by atoms with Gasteiger partial charge in [0.2, 0.25) is 5.91 Å². The summed E-state index contributed by atoms with van der Waals surface area (Å²) in [5, 5.41) is 3.05. The van der Waals surface area contributed by atoms with Gasteiger partial charge in [-0.1, -0.05) is 30.3 Å². The molecule has 0 bridgehead atoms. The summed E-state index contributed by atoms with van der Waals surface area (Å²) >= 11 is 0. The molecule has 3 rings (SSSR count). The lowest BCUT2D eigenvalue weighted by atomic mass is 10.1. The third-order valence-corrected chi connectivity index (χ3v) is 4.29.